The van der Waals surface area contributed by atoms with E-state index in [4.69, 9.17) is 5.11 Å². The molecular formula is C10H9FN2O3S2. The zero-order chi connectivity index (χ0) is 13.2. The van der Waals surface area contributed by atoms with E-state index in [1.807, 2.05) is 0 Å². The molecule has 18 heavy (non-hydrogen) atoms. The first-order valence-corrected chi connectivity index (χ1v) is 7.19. The second kappa shape index (κ2) is 5.01. The van der Waals surface area contributed by atoms with Gasteiger partial charge in [-0.25, -0.2) is 12.8 Å². The zero-order valence-electron chi connectivity index (χ0n) is 9.00. The monoisotopic (exact) mass is 288 g/mol. The number of nitrogens with one attached hydrogen (secondary N) is 1. The van der Waals surface area contributed by atoms with E-state index in [1.165, 1.54) is 12.3 Å². The Labute approximate surface area is 107 Å². The molecule has 96 valence electrons. The van der Waals surface area contributed by atoms with Crippen molar-refractivity contribution >= 4 is 27.0 Å². The number of anilines is 1. The first-order valence-electron chi connectivity index (χ1n) is 4.83. The quantitative estimate of drug-likeness (QED) is 0.895. The molecule has 0 amide bonds. The highest BCUT2D eigenvalue weighted by Gasteiger charge is 2.17. The normalized spacial score (nSPS) is 11.4. The van der Waals surface area contributed by atoms with E-state index in [1.54, 1.807) is 5.38 Å². The average Bonchev–Trinajstić information content (AvgIpc) is 2.77. The lowest BCUT2D eigenvalue weighted by atomic mass is 10.4. The lowest BCUT2D eigenvalue weighted by Gasteiger charge is -2.05. The van der Waals surface area contributed by atoms with Crippen LogP contribution in [0.25, 0.3) is 0 Å². The predicted octanol–water partition coefficient (Wildman–Crippen LogP) is 1.58. The number of rotatable bonds is 4. The van der Waals surface area contributed by atoms with Gasteiger partial charge in [-0.1, -0.05) is 0 Å². The van der Waals surface area contributed by atoms with Crippen LogP contribution in [0.5, 0.6) is 0 Å². The molecule has 0 aliphatic heterocycles. The molecule has 0 spiro atoms. The van der Waals surface area contributed by atoms with E-state index in [9.17, 15) is 12.8 Å². The number of aromatic nitrogens is 1. The Morgan fingerprint density at radius 2 is 2.17 bits per heavy atom. The van der Waals surface area contributed by atoms with Crippen LogP contribution >= 0.6 is 11.3 Å². The third-order valence-electron chi connectivity index (χ3n) is 2.03. The molecule has 0 aromatic carbocycles. The van der Waals surface area contributed by atoms with Crippen molar-refractivity contribution in [2.45, 2.75) is 10.8 Å². The predicted molar refractivity (Wildman–Crippen MR) is 65.2 cm³/mol. The Hall–Kier alpha value is -1.51. The first-order chi connectivity index (χ1) is 8.51. The van der Waals surface area contributed by atoms with Crippen molar-refractivity contribution in [1.82, 2.24) is 4.98 Å². The summed E-state index contributed by atoms with van der Waals surface area (Å²) in [7, 11) is -3.77. The Kier molecular flexibility index (Phi) is 3.60. The highest BCUT2D eigenvalue weighted by atomic mass is 32.2. The van der Waals surface area contributed by atoms with Crippen molar-refractivity contribution < 1.29 is 17.9 Å². The molecule has 2 aromatic heterocycles. The van der Waals surface area contributed by atoms with Crippen LogP contribution in [-0.4, -0.2) is 18.5 Å². The van der Waals surface area contributed by atoms with Crippen LogP contribution in [0.1, 0.15) is 5.56 Å². The highest BCUT2D eigenvalue weighted by molar-refractivity contribution is 7.94. The third-order valence-corrected chi connectivity index (χ3v) is 4.90. The molecule has 0 bridgehead atoms. The molecule has 5 nitrogen and oxygen atoms in total. The van der Waals surface area contributed by atoms with Crippen molar-refractivity contribution in [2.75, 3.05) is 4.72 Å². The van der Waals surface area contributed by atoms with Gasteiger partial charge in [-0.15, -0.1) is 11.3 Å². The van der Waals surface area contributed by atoms with Gasteiger partial charge in [0, 0.05) is 6.07 Å². The fourth-order valence-corrected chi connectivity index (χ4v) is 3.48. The van der Waals surface area contributed by atoms with Crippen molar-refractivity contribution in [3.05, 3.63) is 41.3 Å². The lowest BCUT2D eigenvalue weighted by Crippen LogP contribution is -2.11. The molecule has 0 radical (unpaired) electrons. The summed E-state index contributed by atoms with van der Waals surface area (Å²) in [5, 5.41) is 10.4. The van der Waals surface area contributed by atoms with Gasteiger partial charge in [0.25, 0.3) is 10.0 Å². The van der Waals surface area contributed by atoms with Gasteiger partial charge in [0.05, 0.1) is 24.7 Å². The summed E-state index contributed by atoms with van der Waals surface area (Å²) in [6, 6.07) is 2.39. The van der Waals surface area contributed by atoms with Crippen LogP contribution in [0.3, 0.4) is 0 Å². The van der Waals surface area contributed by atoms with E-state index in [0.717, 1.165) is 23.6 Å². The zero-order valence-corrected chi connectivity index (χ0v) is 10.6. The third kappa shape index (κ3) is 2.84. The smallest absolute Gasteiger partial charge is 0.271 e. The van der Waals surface area contributed by atoms with Crippen LogP contribution in [0.2, 0.25) is 0 Å². The van der Waals surface area contributed by atoms with Gasteiger partial charge in [-0.05, 0) is 17.0 Å². The SMILES string of the molecule is O=S(=O)(Nc1cncc(F)c1)c1cc(CO)cs1. The second-order valence-electron chi connectivity index (χ2n) is 3.43. The number of thiophene rings is 1. The van der Waals surface area contributed by atoms with E-state index in [0.29, 0.717) is 5.56 Å². The summed E-state index contributed by atoms with van der Waals surface area (Å²) < 4.78 is 39.0. The topological polar surface area (TPSA) is 79.3 Å². The maximum atomic E-state index is 12.9. The molecule has 0 atom stereocenters. The Morgan fingerprint density at radius 1 is 1.39 bits per heavy atom. The molecule has 0 unspecified atom stereocenters. The van der Waals surface area contributed by atoms with Crippen LogP contribution < -0.4 is 4.72 Å². The molecule has 2 rings (SSSR count). The minimum Gasteiger partial charge on any atom is -0.392 e. The minimum absolute atomic E-state index is 0.0500. The lowest BCUT2D eigenvalue weighted by molar-refractivity contribution is 0.282. The number of aliphatic hydroxyl groups excluding tert-OH is 1. The number of hydrogen-bond donors (Lipinski definition) is 2. The highest BCUT2D eigenvalue weighted by Crippen LogP contribution is 2.23. The van der Waals surface area contributed by atoms with E-state index < -0.39 is 15.8 Å². The number of nitrogens with zero attached hydrogens (tertiary/aromatic N) is 1. The standard InChI is InChI=1S/C10H9FN2O3S2/c11-8-2-9(4-12-3-8)13-18(15,16)10-1-7(5-14)6-17-10/h1-4,6,13-14H,5H2. The van der Waals surface area contributed by atoms with E-state index >= 15 is 0 Å². The molecule has 2 heterocycles. The van der Waals surface area contributed by atoms with Gasteiger partial charge >= 0.3 is 0 Å². The molecule has 0 aliphatic carbocycles. The number of hydrogen-bond acceptors (Lipinski definition) is 5. The maximum Gasteiger partial charge on any atom is 0.271 e. The van der Waals surface area contributed by atoms with Gasteiger partial charge in [0.15, 0.2) is 0 Å². The summed E-state index contributed by atoms with van der Waals surface area (Å²) in [6.07, 6.45) is 2.19. The fourth-order valence-electron chi connectivity index (χ4n) is 1.25. The van der Waals surface area contributed by atoms with Crippen LogP contribution in [0, 0.1) is 5.82 Å². The summed E-state index contributed by atoms with van der Waals surface area (Å²) in [5.74, 6) is -0.627. The number of pyridine rings is 1. The summed E-state index contributed by atoms with van der Waals surface area (Å²) in [4.78, 5) is 3.54. The van der Waals surface area contributed by atoms with Gasteiger partial charge in [-0.3, -0.25) is 9.71 Å². The van der Waals surface area contributed by atoms with Crippen molar-refractivity contribution in [1.29, 1.82) is 0 Å². The van der Waals surface area contributed by atoms with Gasteiger partial charge in [0.2, 0.25) is 0 Å². The summed E-state index contributed by atoms with van der Waals surface area (Å²) >= 11 is 0.980. The first kappa shape index (κ1) is 12.9. The number of halogens is 1. The number of sulfonamides is 1. The number of aliphatic hydroxyl groups is 1. The van der Waals surface area contributed by atoms with Crippen LogP contribution in [0.4, 0.5) is 10.1 Å². The molecule has 0 saturated heterocycles. The van der Waals surface area contributed by atoms with Crippen molar-refractivity contribution in [3.8, 4) is 0 Å². The van der Waals surface area contributed by atoms with Crippen LogP contribution in [-0.2, 0) is 16.6 Å². The molecule has 2 N–H and O–H groups in total. The van der Waals surface area contributed by atoms with Gasteiger partial charge in [-0.2, -0.15) is 0 Å². The Morgan fingerprint density at radius 3 is 2.78 bits per heavy atom. The van der Waals surface area contributed by atoms with Crippen molar-refractivity contribution in [3.63, 3.8) is 0 Å². The molecule has 0 saturated carbocycles. The molecule has 0 fully saturated rings. The molecule has 2 aromatic rings. The second-order valence-corrected chi connectivity index (χ2v) is 6.25. The van der Waals surface area contributed by atoms with Crippen LogP contribution in [0.15, 0.2) is 34.1 Å². The summed E-state index contributed by atoms with van der Waals surface area (Å²) in [6.45, 7) is -0.229. The Balaban J connectivity index is 2.27. The van der Waals surface area contributed by atoms with Crippen molar-refractivity contribution in [2.24, 2.45) is 0 Å². The van der Waals surface area contributed by atoms with E-state index in [2.05, 4.69) is 9.71 Å². The maximum absolute atomic E-state index is 12.9. The minimum atomic E-state index is -3.77. The molecule has 8 heteroatoms. The largest absolute Gasteiger partial charge is 0.392 e. The molecular weight excluding hydrogens is 279 g/mol. The Bertz CT molecular complexity index is 655. The summed E-state index contributed by atoms with van der Waals surface area (Å²) in [5.41, 5.74) is 0.562. The average molecular weight is 288 g/mol. The van der Waals surface area contributed by atoms with Gasteiger partial charge in [0.1, 0.15) is 10.0 Å². The van der Waals surface area contributed by atoms with Gasteiger partial charge < -0.3 is 5.11 Å². The van der Waals surface area contributed by atoms with E-state index in [-0.39, 0.29) is 16.5 Å². The molecule has 0 aliphatic rings. The fraction of sp³-hybridized carbons (Fsp3) is 0.100.